The van der Waals surface area contributed by atoms with Gasteiger partial charge in [-0.3, -0.25) is 14.9 Å². The lowest BCUT2D eigenvalue weighted by molar-refractivity contribution is -0.383. The zero-order valence-corrected chi connectivity index (χ0v) is 16.2. The number of benzene rings is 2. The number of nitro groups is 1. The average molecular weight is 479 g/mol. The van der Waals surface area contributed by atoms with Crippen LogP contribution in [0.15, 0.2) is 39.3 Å². The van der Waals surface area contributed by atoms with E-state index < -0.39 is 10.8 Å². The van der Waals surface area contributed by atoms with Crippen molar-refractivity contribution in [2.45, 2.75) is 6.92 Å². The number of aryl methyl sites for hydroxylation is 1. The minimum absolute atomic E-state index is 0.0598. The van der Waals surface area contributed by atoms with Crippen LogP contribution in [0.4, 0.5) is 11.4 Å². The number of ether oxygens (including phenoxy) is 1. The van der Waals surface area contributed by atoms with Gasteiger partial charge in [-0.05, 0) is 52.7 Å². The molecule has 1 N–H and O–H groups in total. The van der Waals surface area contributed by atoms with E-state index in [9.17, 15) is 14.9 Å². The fourth-order valence-corrected chi connectivity index (χ4v) is 3.68. The van der Waals surface area contributed by atoms with Gasteiger partial charge in [0.25, 0.3) is 11.6 Å². The van der Waals surface area contributed by atoms with E-state index in [0.29, 0.717) is 10.2 Å². The summed E-state index contributed by atoms with van der Waals surface area (Å²) in [5.41, 5.74) is 0.614. The Kier molecular flexibility index (Phi) is 6.20. The number of carbonyl (C=O) groups excluding carboxylic acids is 1. The molecule has 0 radical (unpaired) electrons. The van der Waals surface area contributed by atoms with Crippen molar-refractivity contribution in [1.29, 1.82) is 0 Å². The first-order chi connectivity index (χ1) is 11.3. The molecule has 0 fully saturated rings. The van der Waals surface area contributed by atoms with E-state index in [2.05, 4.69) is 37.2 Å². The summed E-state index contributed by atoms with van der Waals surface area (Å²) in [4.78, 5) is 22.4. The minimum atomic E-state index is -0.613. The maximum atomic E-state index is 12.0. The van der Waals surface area contributed by atoms with Crippen LogP contribution in [0, 0.1) is 17.0 Å². The molecule has 0 saturated carbocycles. The molecule has 0 saturated heterocycles. The van der Waals surface area contributed by atoms with Crippen LogP contribution in [-0.4, -0.2) is 17.4 Å². The highest BCUT2D eigenvalue weighted by atomic mass is 79.9. The summed E-state index contributed by atoms with van der Waals surface area (Å²) in [5, 5.41) is 13.7. The third-order valence-electron chi connectivity index (χ3n) is 2.97. The van der Waals surface area contributed by atoms with Gasteiger partial charge in [0.15, 0.2) is 6.61 Å². The SMILES string of the molecule is Cc1cc(Br)cc(Br)c1OCC(=O)Nc1ccc(Cl)cc1[N+](=O)[O-]. The molecule has 24 heavy (non-hydrogen) atoms. The van der Waals surface area contributed by atoms with Crippen LogP contribution in [0.25, 0.3) is 0 Å². The molecular formula is C15H11Br2ClN2O4. The van der Waals surface area contributed by atoms with Gasteiger partial charge >= 0.3 is 0 Å². The van der Waals surface area contributed by atoms with Crippen molar-refractivity contribution in [3.05, 3.63) is 60.0 Å². The van der Waals surface area contributed by atoms with Gasteiger partial charge in [0.1, 0.15) is 11.4 Å². The minimum Gasteiger partial charge on any atom is -0.482 e. The third kappa shape index (κ3) is 4.68. The lowest BCUT2D eigenvalue weighted by Crippen LogP contribution is -2.21. The zero-order valence-electron chi connectivity index (χ0n) is 12.3. The second kappa shape index (κ2) is 7.96. The van der Waals surface area contributed by atoms with Crippen molar-refractivity contribution in [1.82, 2.24) is 0 Å². The highest BCUT2D eigenvalue weighted by Crippen LogP contribution is 2.32. The van der Waals surface area contributed by atoms with Gasteiger partial charge < -0.3 is 10.1 Å². The summed E-state index contributed by atoms with van der Waals surface area (Å²) >= 11 is 12.5. The van der Waals surface area contributed by atoms with Crippen LogP contribution in [0.1, 0.15) is 5.56 Å². The molecule has 0 heterocycles. The molecule has 2 rings (SSSR count). The largest absolute Gasteiger partial charge is 0.482 e. The van der Waals surface area contributed by atoms with Crippen molar-refractivity contribution in [2.24, 2.45) is 0 Å². The second-order valence-corrected chi connectivity index (χ2v) is 7.00. The number of carbonyl (C=O) groups is 1. The molecule has 0 aliphatic rings. The Hall–Kier alpha value is -1.64. The normalized spacial score (nSPS) is 10.3. The number of hydrogen-bond acceptors (Lipinski definition) is 4. The number of rotatable bonds is 5. The summed E-state index contributed by atoms with van der Waals surface area (Å²) in [6.07, 6.45) is 0. The van der Waals surface area contributed by atoms with Gasteiger partial charge in [0.2, 0.25) is 0 Å². The van der Waals surface area contributed by atoms with Gasteiger partial charge in [-0.15, -0.1) is 0 Å². The van der Waals surface area contributed by atoms with Crippen LogP contribution >= 0.6 is 43.5 Å². The van der Waals surface area contributed by atoms with Crippen molar-refractivity contribution < 1.29 is 14.5 Å². The lowest BCUT2D eigenvalue weighted by Gasteiger charge is -2.12. The summed E-state index contributed by atoms with van der Waals surface area (Å²) in [6.45, 7) is 1.55. The molecule has 0 bridgehead atoms. The molecule has 0 aliphatic heterocycles. The smallest absolute Gasteiger partial charge is 0.294 e. The number of halogens is 3. The van der Waals surface area contributed by atoms with Crippen molar-refractivity contribution in [3.63, 3.8) is 0 Å². The number of hydrogen-bond donors (Lipinski definition) is 1. The van der Waals surface area contributed by atoms with Gasteiger partial charge in [0, 0.05) is 15.6 Å². The standard InChI is InChI=1S/C15H11Br2ClN2O4/c1-8-4-9(16)5-11(17)15(8)24-7-14(21)19-12-3-2-10(18)6-13(12)20(22)23/h2-6H,7H2,1H3,(H,19,21). The zero-order chi connectivity index (χ0) is 17.9. The molecule has 0 spiro atoms. The fourth-order valence-electron chi connectivity index (χ4n) is 1.96. The summed E-state index contributed by atoms with van der Waals surface area (Å²) in [6, 6.07) is 7.65. The van der Waals surface area contributed by atoms with Gasteiger partial charge in [-0.2, -0.15) is 0 Å². The molecule has 2 aromatic carbocycles. The number of nitrogens with one attached hydrogen (secondary N) is 1. The molecule has 0 aromatic heterocycles. The van der Waals surface area contributed by atoms with E-state index in [-0.39, 0.29) is 23.0 Å². The van der Waals surface area contributed by atoms with Crippen molar-refractivity contribution in [2.75, 3.05) is 11.9 Å². The van der Waals surface area contributed by atoms with E-state index in [1.54, 1.807) is 6.07 Å². The summed E-state index contributed by atoms with van der Waals surface area (Å²) in [7, 11) is 0. The number of amides is 1. The maximum absolute atomic E-state index is 12.0. The fraction of sp³-hybridized carbons (Fsp3) is 0.133. The van der Waals surface area contributed by atoms with Crippen molar-refractivity contribution >= 4 is 60.7 Å². The van der Waals surface area contributed by atoms with Crippen LogP contribution < -0.4 is 10.1 Å². The van der Waals surface area contributed by atoms with Crippen LogP contribution in [0.2, 0.25) is 5.02 Å². The van der Waals surface area contributed by atoms with E-state index in [1.807, 2.05) is 13.0 Å². The Labute approximate surface area is 159 Å². The number of anilines is 1. The molecule has 6 nitrogen and oxygen atoms in total. The van der Waals surface area contributed by atoms with Gasteiger partial charge in [-0.25, -0.2) is 0 Å². The predicted molar refractivity (Wildman–Crippen MR) is 98.8 cm³/mol. The average Bonchev–Trinajstić information content (AvgIpc) is 2.47. The van der Waals surface area contributed by atoms with Gasteiger partial charge in [-0.1, -0.05) is 27.5 Å². The Morgan fingerprint density at radius 1 is 1.33 bits per heavy atom. The monoisotopic (exact) mass is 476 g/mol. The summed E-state index contributed by atoms with van der Waals surface area (Å²) in [5.74, 6) is 0.00796. The Bertz CT molecular complexity index is 791. The Morgan fingerprint density at radius 3 is 2.67 bits per heavy atom. The molecule has 126 valence electrons. The maximum Gasteiger partial charge on any atom is 0.294 e. The topological polar surface area (TPSA) is 81.5 Å². The Morgan fingerprint density at radius 2 is 2.04 bits per heavy atom. The van der Waals surface area contributed by atoms with Crippen LogP contribution in [0.5, 0.6) is 5.75 Å². The number of nitrogens with zero attached hydrogens (tertiary/aromatic N) is 1. The molecule has 0 unspecified atom stereocenters. The third-order valence-corrected chi connectivity index (χ3v) is 4.25. The Balaban J connectivity index is 2.09. The molecule has 1 amide bonds. The first kappa shape index (κ1) is 18.7. The van der Waals surface area contributed by atoms with Crippen LogP contribution in [-0.2, 0) is 4.79 Å². The first-order valence-electron chi connectivity index (χ1n) is 6.60. The lowest BCUT2D eigenvalue weighted by atomic mass is 10.2. The van der Waals surface area contributed by atoms with Crippen molar-refractivity contribution in [3.8, 4) is 5.75 Å². The number of nitro benzene ring substituents is 1. The highest BCUT2D eigenvalue weighted by molar-refractivity contribution is 9.11. The molecule has 2 aromatic rings. The van der Waals surface area contributed by atoms with Gasteiger partial charge in [0.05, 0.1) is 9.40 Å². The first-order valence-corrected chi connectivity index (χ1v) is 8.56. The molecule has 9 heteroatoms. The van der Waals surface area contributed by atoms with E-state index >= 15 is 0 Å². The van der Waals surface area contributed by atoms with E-state index in [0.717, 1.165) is 10.0 Å². The molecular weight excluding hydrogens is 467 g/mol. The van der Waals surface area contributed by atoms with E-state index in [1.165, 1.54) is 18.2 Å². The van der Waals surface area contributed by atoms with Crippen LogP contribution in [0.3, 0.4) is 0 Å². The predicted octanol–water partition coefficient (Wildman–Crippen LogP) is 5.10. The van der Waals surface area contributed by atoms with E-state index in [4.69, 9.17) is 16.3 Å². The summed E-state index contributed by atoms with van der Waals surface area (Å²) < 4.78 is 7.07. The molecule has 0 atom stereocenters. The molecule has 0 aliphatic carbocycles. The second-order valence-electron chi connectivity index (χ2n) is 4.79. The quantitative estimate of drug-likeness (QED) is 0.479. The highest BCUT2D eigenvalue weighted by Gasteiger charge is 2.17.